The van der Waals surface area contributed by atoms with Crippen LogP contribution in [-0.2, 0) is 10.3 Å². The van der Waals surface area contributed by atoms with E-state index in [0.29, 0.717) is 5.69 Å². The van der Waals surface area contributed by atoms with E-state index < -0.39 is 11.7 Å². The smallest absolute Gasteiger partial charge is 0.438 e. The van der Waals surface area contributed by atoms with E-state index in [1.54, 1.807) is 24.3 Å². The van der Waals surface area contributed by atoms with Gasteiger partial charge in [-0.05, 0) is 30.5 Å². The second kappa shape index (κ2) is 8.76. The molecule has 0 heterocycles. The molecule has 26 heavy (non-hydrogen) atoms. The van der Waals surface area contributed by atoms with Gasteiger partial charge in [-0.15, -0.1) is 12.1 Å². The molecule has 0 saturated carbocycles. The molecular weight excluding hydrogens is 317 g/mol. The van der Waals surface area contributed by atoms with Gasteiger partial charge in [0, 0.05) is 0 Å². The number of amides is 1. The van der Waals surface area contributed by atoms with Gasteiger partial charge < -0.3 is 10.1 Å². The van der Waals surface area contributed by atoms with Crippen LogP contribution in [0.1, 0.15) is 19.4 Å². The van der Waals surface area contributed by atoms with Gasteiger partial charge in [0.2, 0.25) is 0 Å². The molecule has 0 atom stereocenters. The third-order valence-electron chi connectivity index (χ3n) is 4.00. The Balaban J connectivity index is 0.00000243. The normalized spacial score (nSPS) is 10.5. The number of carbonyl (C=O) groups is 1. The molecule has 4 heteroatoms. The van der Waals surface area contributed by atoms with E-state index in [0.717, 1.165) is 16.7 Å². The van der Waals surface area contributed by atoms with Crippen LogP contribution >= 0.6 is 0 Å². The molecule has 0 aliphatic carbocycles. The number of hydrogen-bond acceptors (Lipinski definition) is 2. The Morgan fingerprint density at radius 3 is 2.08 bits per heavy atom. The molecule has 3 aromatic carbocycles. The van der Waals surface area contributed by atoms with Crippen molar-refractivity contribution in [3.8, 4) is 11.1 Å². The monoisotopic (exact) mass is 337 g/mol. The van der Waals surface area contributed by atoms with Crippen LogP contribution in [-0.4, -0.2) is 6.09 Å². The summed E-state index contributed by atoms with van der Waals surface area (Å²) in [5.74, 6) is 0. The Morgan fingerprint density at radius 1 is 0.885 bits per heavy atom. The van der Waals surface area contributed by atoms with Gasteiger partial charge in [0.05, 0.1) is 0 Å². The maximum atomic E-state index is 12.1. The van der Waals surface area contributed by atoms with Crippen LogP contribution in [0.15, 0.2) is 78.9 Å². The molecule has 0 saturated heterocycles. The average molecular weight is 337 g/mol. The van der Waals surface area contributed by atoms with Crippen LogP contribution < -0.4 is 24.2 Å². The van der Waals surface area contributed by atoms with E-state index in [1.807, 2.05) is 56.3 Å². The fourth-order valence-corrected chi connectivity index (χ4v) is 2.60. The van der Waals surface area contributed by atoms with E-state index in [2.05, 4.69) is 23.5 Å². The molecule has 126 valence electrons. The SMILES string of the molecule is CC(C)(OC(=O)Nc1cc[c-]cc1)c1ccc(-c2ccccc2)cc1.[Li+]. The third-order valence-corrected chi connectivity index (χ3v) is 4.00. The first-order valence-electron chi connectivity index (χ1n) is 8.17. The minimum absolute atomic E-state index is 0. The molecule has 0 aromatic heterocycles. The third kappa shape index (κ3) is 5.02. The van der Waals surface area contributed by atoms with Gasteiger partial charge >= 0.3 is 25.0 Å². The summed E-state index contributed by atoms with van der Waals surface area (Å²) < 4.78 is 5.61. The average Bonchev–Trinajstić information content (AvgIpc) is 2.63. The first-order valence-corrected chi connectivity index (χ1v) is 8.17. The first kappa shape index (κ1) is 19.8. The molecule has 0 spiro atoms. The van der Waals surface area contributed by atoms with E-state index in [4.69, 9.17) is 4.74 Å². The second-order valence-corrected chi connectivity index (χ2v) is 6.26. The molecule has 3 aromatic rings. The summed E-state index contributed by atoms with van der Waals surface area (Å²) in [6.07, 6.45) is -0.483. The molecular formula is C22H20LiNO2. The molecule has 0 bridgehead atoms. The summed E-state index contributed by atoms with van der Waals surface area (Å²) in [5.41, 5.74) is 3.17. The van der Waals surface area contributed by atoms with Crippen LogP contribution in [0.25, 0.3) is 11.1 Å². The topological polar surface area (TPSA) is 38.3 Å². The zero-order chi connectivity index (χ0) is 17.7. The number of rotatable bonds is 4. The van der Waals surface area contributed by atoms with Gasteiger partial charge in [-0.25, -0.2) is 4.79 Å². The van der Waals surface area contributed by atoms with E-state index in [9.17, 15) is 4.79 Å². The number of ether oxygens (including phenoxy) is 1. The Bertz CT molecular complexity index is 831. The van der Waals surface area contributed by atoms with Gasteiger partial charge in [0.25, 0.3) is 0 Å². The van der Waals surface area contributed by atoms with E-state index in [1.165, 1.54) is 0 Å². The zero-order valence-corrected chi connectivity index (χ0v) is 15.3. The van der Waals surface area contributed by atoms with Crippen molar-refractivity contribution >= 4 is 11.8 Å². The van der Waals surface area contributed by atoms with Crippen molar-refractivity contribution in [3.63, 3.8) is 0 Å². The van der Waals surface area contributed by atoms with Crippen LogP contribution in [0.3, 0.4) is 0 Å². The van der Waals surface area contributed by atoms with Crippen molar-refractivity contribution in [2.45, 2.75) is 19.4 Å². The zero-order valence-electron chi connectivity index (χ0n) is 15.3. The van der Waals surface area contributed by atoms with Crippen molar-refractivity contribution in [2.24, 2.45) is 0 Å². The van der Waals surface area contributed by atoms with Crippen LogP contribution in [0.2, 0.25) is 0 Å². The number of benzene rings is 3. The number of hydrogen-bond donors (Lipinski definition) is 1. The Hall–Kier alpha value is -2.47. The standard InChI is InChI=1S/C22H20NO2.Li/c1-22(2,25-21(24)23-20-11-7-4-8-12-20)19-15-13-18(14-16-19)17-9-5-3-6-10-17;/h3,5-16H,1-2H3,(H,23,24);/q-1;+1. The molecule has 0 aliphatic heterocycles. The van der Waals surface area contributed by atoms with Gasteiger partial charge in [-0.3, -0.25) is 0 Å². The summed E-state index contributed by atoms with van der Waals surface area (Å²) in [6.45, 7) is 3.76. The fourth-order valence-electron chi connectivity index (χ4n) is 2.60. The number of carbonyl (C=O) groups excluding carboxylic acids is 1. The minimum atomic E-state index is -0.736. The summed E-state index contributed by atoms with van der Waals surface area (Å²) in [7, 11) is 0. The van der Waals surface area contributed by atoms with Crippen molar-refractivity contribution in [1.29, 1.82) is 0 Å². The quantitative estimate of drug-likeness (QED) is 0.587. The summed E-state index contributed by atoms with van der Waals surface area (Å²) >= 11 is 0. The predicted molar refractivity (Wildman–Crippen MR) is 100 cm³/mol. The van der Waals surface area contributed by atoms with Gasteiger partial charge in [-0.2, -0.15) is 18.2 Å². The van der Waals surface area contributed by atoms with Crippen molar-refractivity contribution in [1.82, 2.24) is 0 Å². The molecule has 0 fully saturated rings. The molecule has 0 radical (unpaired) electrons. The Labute approximate surface area is 166 Å². The van der Waals surface area contributed by atoms with Gasteiger partial charge in [0.1, 0.15) is 5.60 Å². The molecule has 0 aliphatic rings. The molecule has 1 N–H and O–H groups in total. The van der Waals surface area contributed by atoms with Crippen LogP contribution in [0.4, 0.5) is 10.5 Å². The fraction of sp³-hybridized carbons (Fsp3) is 0.136. The maximum Gasteiger partial charge on any atom is 1.00 e. The number of anilines is 1. The van der Waals surface area contributed by atoms with E-state index in [-0.39, 0.29) is 18.9 Å². The summed E-state index contributed by atoms with van der Waals surface area (Å²) in [6, 6.07) is 28.2. The molecule has 3 nitrogen and oxygen atoms in total. The minimum Gasteiger partial charge on any atom is -0.438 e. The Morgan fingerprint density at radius 2 is 1.46 bits per heavy atom. The predicted octanol–water partition coefficient (Wildman–Crippen LogP) is 2.64. The van der Waals surface area contributed by atoms with Gasteiger partial charge in [0.15, 0.2) is 0 Å². The molecule has 3 rings (SSSR count). The first-order chi connectivity index (χ1) is 12.0. The molecule has 0 unspecified atom stereocenters. The Kier molecular flexibility index (Phi) is 6.68. The van der Waals surface area contributed by atoms with Crippen LogP contribution in [0, 0.1) is 6.07 Å². The second-order valence-electron chi connectivity index (χ2n) is 6.26. The summed E-state index contributed by atoms with van der Waals surface area (Å²) in [5, 5.41) is 2.72. The largest absolute Gasteiger partial charge is 1.00 e. The van der Waals surface area contributed by atoms with Crippen molar-refractivity contribution in [3.05, 3.63) is 90.5 Å². The van der Waals surface area contributed by atoms with Crippen LogP contribution in [0.5, 0.6) is 0 Å². The van der Waals surface area contributed by atoms with Crippen molar-refractivity contribution in [2.75, 3.05) is 5.32 Å². The number of nitrogens with one attached hydrogen (secondary N) is 1. The molecule has 1 amide bonds. The van der Waals surface area contributed by atoms with Gasteiger partial charge in [-0.1, -0.05) is 60.3 Å². The maximum absolute atomic E-state index is 12.1. The summed E-state index contributed by atoms with van der Waals surface area (Å²) in [4.78, 5) is 12.1. The van der Waals surface area contributed by atoms with E-state index >= 15 is 0 Å². The van der Waals surface area contributed by atoms with Crippen molar-refractivity contribution < 1.29 is 28.4 Å².